The third kappa shape index (κ3) is 5.16. The molecule has 1 aromatic carbocycles. The fraction of sp³-hybridized carbons (Fsp3) is 0.500. The SMILES string of the molecule is CN(C)S(=O)(=O)c1ccc(Cl)c(C(=O)OCC(=O)NC[C@H]2CCCO2)c1. The zero-order valence-corrected chi connectivity index (χ0v) is 16.1. The summed E-state index contributed by atoms with van der Waals surface area (Å²) in [5.74, 6) is -1.35. The van der Waals surface area contributed by atoms with Gasteiger partial charge in [0.05, 0.1) is 21.6 Å². The van der Waals surface area contributed by atoms with Crippen LogP contribution in [0.1, 0.15) is 23.2 Å². The summed E-state index contributed by atoms with van der Waals surface area (Å²) in [7, 11) is -0.975. The highest BCUT2D eigenvalue weighted by molar-refractivity contribution is 7.89. The summed E-state index contributed by atoms with van der Waals surface area (Å²) in [6.45, 7) is 0.542. The van der Waals surface area contributed by atoms with Gasteiger partial charge in [-0.2, -0.15) is 0 Å². The number of rotatable bonds is 7. The number of ether oxygens (including phenoxy) is 2. The number of carbonyl (C=O) groups is 2. The minimum absolute atomic E-state index is 0.0167. The van der Waals surface area contributed by atoms with E-state index in [4.69, 9.17) is 21.1 Å². The lowest BCUT2D eigenvalue weighted by Crippen LogP contribution is -2.34. The molecule has 0 radical (unpaired) electrons. The number of hydrogen-bond donors (Lipinski definition) is 1. The van der Waals surface area contributed by atoms with Gasteiger partial charge in [-0.15, -0.1) is 0 Å². The van der Waals surface area contributed by atoms with Crippen LogP contribution in [0.2, 0.25) is 5.02 Å². The van der Waals surface area contributed by atoms with Crippen molar-refractivity contribution in [3.05, 3.63) is 28.8 Å². The van der Waals surface area contributed by atoms with Gasteiger partial charge in [0.15, 0.2) is 6.61 Å². The number of amides is 1. The van der Waals surface area contributed by atoms with E-state index in [0.29, 0.717) is 13.2 Å². The Morgan fingerprint density at radius 2 is 2.12 bits per heavy atom. The normalized spacial score (nSPS) is 17.3. The standard InChI is InChI=1S/C16H21ClN2O6S/c1-19(2)26(22,23)12-5-6-14(17)13(8-12)16(21)25-10-15(20)18-9-11-4-3-7-24-11/h5-6,8,11H,3-4,7,9-10H2,1-2H3,(H,18,20)/t11-/m1/s1. The smallest absolute Gasteiger partial charge is 0.340 e. The van der Waals surface area contributed by atoms with Gasteiger partial charge in [-0.1, -0.05) is 11.6 Å². The van der Waals surface area contributed by atoms with Crippen LogP contribution in [0.25, 0.3) is 0 Å². The third-order valence-electron chi connectivity index (χ3n) is 3.82. The van der Waals surface area contributed by atoms with E-state index in [1.165, 1.54) is 26.2 Å². The van der Waals surface area contributed by atoms with Crippen LogP contribution in [-0.2, 0) is 24.3 Å². The molecule has 144 valence electrons. The topological polar surface area (TPSA) is 102 Å². The fourth-order valence-electron chi connectivity index (χ4n) is 2.32. The van der Waals surface area contributed by atoms with Crippen molar-refractivity contribution in [2.45, 2.75) is 23.8 Å². The Morgan fingerprint density at radius 3 is 2.73 bits per heavy atom. The van der Waals surface area contributed by atoms with Gasteiger partial charge in [0.25, 0.3) is 5.91 Å². The average Bonchev–Trinajstić information content (AvgIpc) is 3.11. The number of esters is 1. The largest absolute Gasteiger partial charge is 0.452 e. The molecule has 1 heterocycles. The quantitative estimate of drug-likeness (QED) is 0.681. The van der Waals surface area contributed by atoms with Crippen molar-refractivity contribution in [2.75, 3.05) is 33.9 Å². The first-order valence-corrected chi connectivity index (χ1v) is 9.81. The van der Waals surface area contributed by atoms with E-state index in [1.54, 1.807) is 0 Å². The molecule has 1 amide bonds. The number of nitrogens with one attached hydrogen (secondary N) is 1. The summed E-state index contributed by atoms with van der Waals surface area (Å²) in [6.07, 6.45) is 1.82. The molecule has 2 rings (SSSR count). The molecule has 1 aliphatic heterocycles. The van der Waals surface area contributed by atoms with E-state index in [9.17, 15) is 18.0 Å². The average molecular weight is 405 g/mol. The first-order valence-electron chi connectivity index (χ1n) is 7.99. The van der Waals surface area contributed by atoms with Crippen LogP contribution < -0.4 is 5.32 Å². The van der Waals surface area contributed by atoms with E-state index in [-0.39, 0.29) is 21.6 Å². The van der Waals surface area contributed by atoms with Gasteiger partial charge in [-0.25, -0.2) is 17.5 Å². The lowest BCUT2D eigenvalue weighted by atomic mass is 10.2. The van der Waals surface area contributed by atoms with Crippen molar-refractivity contribution < 1.29 is 27.5 Å². The summed E-state index contributed by atoms with van der Waals surface area (Å²) in [5.41, 5.74) is -0.124. The molecule has 1 saturated heterocycles. The fourth-order valence-corrected chi connectivity index (χ4v) is 3.45. The Hall–Kier alpha value is -1.68. The summed E-state index contributed by atoms with van der Waals surface area (Å²) in [4.78, 5) is 23.8. The maximum atomic E-state index is 12.2. The van der Waals surface area contributed by atoms with Crippen molar-refractivity contribution in [3.63, 3.8) is 0 Å². The highest BCUT2D eigenvalue weighted by Crippen LogP contribution is 2.22. The van der Waals surface area contributed by atoms with E-state index >= 15 is 0 Å². The third-order valence-corrected chi connectivity index (χ3v) is 5.96. The molecule has 8 nitrogen and oxygen atoms in total. The first-order chi connectivity index (χ1) is 12.2. The van der Waals surface area contributed by atoms with Crippen LogP contribution in [0, 0.1) is 0 Å². The minimum Gasteiger partial charge on any atom is -0.452 e. The van der Waals surface area contributed by atoms with Crippen molar-refractivity contribution in [3.8, 4) is 0 Å². The number of hydrogen-bond acceptors (Lipinski definition) is 6. The van der Waals surface area contributed by atoms with Gasteiger partial charge in [0.2, 0.25) is 10.0 Å². The van der Waals surface area contributed by atoms with Crippen molar-refractivity contribution in [1.82, 2.24) is 9.62 Å². The Balaban J connectivity index is 1.97. The maximum absolute atomic E-state index is 12.2. The van der Waals surface area contributed by atoms with Crippen LogP contribution in [0.4, 0.5) is 0 Å². The van der Waals surface area contributed by atoms with Crippen LogP contribution in [-0.4, -0.2) is 64.6 Å². The first kappa shape index (κ1) is 20.6. The van der Waals surface area contributed by atoms with Crippen LogP contribution >= 0.6 is 11.6 Å². The van der Waals surface area contributed by atoms with Crippen LogP contribution in [0.5, 0.6) is 0 Å². The molecule has 0 spiro atoms. The summed E-state index contributed by atoms with van der Waals surface area (Å²) >= 11 is 5.96. The number of nitrogens with zero attached hydrogens (tertiary/aromatic N) is 1. The maximum Gasteiger partial charge on any atom is 0.340 e. The molecule has 1 atom stereocenters. The Kier molecular flexibility index (Phi) is 6.99. The molecule has 0 aromatic heterocycles. The van der Waals surface area contributed by atoms with Crippen molar-refractivity contribution >= 4 is 33.5 Å². The number of benzene rings is 1. The van der Waals surface area contributed by atoms with Crippen molar-refractivity contribution in [1.29, 1.82) is 0 Å². The van der Waals surface area contributed by atoms with E-state index in [0.717, 1.165) is 23.2 Å². The monoisotopic (exact) mass is 404 g/mol. The molecule has 1 aliphatic rings. The molecule has 0 unspecified atom stereocenters. The molecule has 1 aromatic rings. The van der Waals surface area contributed by atoms with Gasteiger partial charge in [-0.3, -0.25) is 4.79 Å². The molecule has 0 aliphatic carbocycles. The van der Waals surface area contributed by atoms with Gasteiger partial charge in [0.1, 0.15) is 0 Å². The second-order valence-electron chi connectivity index (χ2n) is 5.94. The lowest BCUT2D eigenvalue weighted by molar-refractivity contribution is -0.124. The van der Waals surface area contributed by atoms with Gasteiger partial charge in [-0.05, 0) is 31.0 Å². The second kappa shape index (κ2) is 8.81. The minimum atomic E-state index is -3.73. The van der Waals surface area contributed by atoms with E-state index < -0.39 is 28.5 Å². The Labute approximate surface area is 157 Å². The summed E-state index contributed by atoms with van der Waals surface area (Å²) in [6, 6.07) is 3.72. The van der Waals surface area contributed by atoms with Gasteiger partial charge in [0, 0.05) is 27.2 Å². The highest BCUT2D eigenvalue weighted by atomic mass is 35.5. The number of halogens is 1. The molecule has 0 saturated carbocycles. The zero-order chi connectivity index (χ0) is 19.3. The van der Waals surface area contributed by atoms with E-state index in [1.807, 2.05) is 0 Å². The number of carbonyl (C=O) groups excluding carboxylic acids is 2. The molecular weight excluding hydrogens is 384 g/mol. The lowest BCUT2D eigenvalue weighted by Gasteiger charge is -2.13. The van der Waals surface area contributed by atoms with Crippen LogP contribution in [0.3, 0.4) is 0 Å². The van der Waals surface area contributed by atoms with Gasteiger partial charge >= 0.3 is 5.97 Å². The number of sulfonamides is 1. The molecular formula is C16H21ClN2O6S. The van der Waals surface area contributed by atoms with Crippen molar-refractivity contribution in [2.24, 2.45) is 0 Å². The summed E-state index contributed by atoms with van der Waals surface area (Å²) < 4.78 is 35.6. The molecule has 10 heteroatoms. The Morgan fingerprint density at radius 1 is 1.38 bits per heavy atom. The molecule has 1 fully saturated rings. The van der Waals surface area contributed by atoms with Gasteiger partial charge < -0.3 is 14.8 Å². The van der Waals surface area contributed by atoms with E-state index in [2.05, 4.69) is 5.32 Å². The molecule has 0 bridgehead atoms. The zero-order valence-electron chi connectivity index (χ0n) is 14.5. The molecule has 26 heavy (non-hydrogen) atoms. The summed E-state index contributed by atoms with van der Waals surface area (Å²) in [5, 5.41) is 2.65. The Bertz CT molecular complexity index is 775. The van der Waals surface area contributed by atoms with Crippen LogP contribution in [0.15, 0.2) is 23.1 Å². The molecule has 1 N–H and O–H groups in total. The highest BCUT2D eigenvalue weighted by Gasteiger charge is 2.22. The predicted molar refractivity (Wildman–Crippen MR) is 94.6 cm³/mol. The second-order valence-corrected chi connectivity index (χ2v) is 8.50. The predicted octanol–water partition coefficient (Wildman–Crippen LogP) is 1.04.